The molecule has 3 aliphatic heterocycles. The summed E-state index contributed by atoms with van der Waals surface area (Å²) in [7, 11) is 0. The molecule has 2 N–H and O–H groups in total. The van der Waals surface area contributed by atoms with Gasteiger partial charge in [-0.15, -0.1) is 0 Å². The number of rotatable bonds is 5. The Morgan fingerprint density at radius 2 is 1.75 bits per heavy atom. The molecular formula is C33H30N6O5. The van der Waals surface area contributed by atoms with Crippen LogP contribution in [0.4, 0.5) is 0 Å². The van der Waals surface area contributed by atoms with Gasteiger partial charge in [0.1, 0.15) is 18.2 Å². The van der Waals surface area contributed by atoms with Crippen molar-refractivity contribution in [2.75, 3.05) is 13.1 Å². The molecule has 3 amide bonds. The molecule has 2 aromatic carbocycles. The Morgan fingerprint density at radius 1 is 0.955 bits per heavy atom. The number of carbonyl (C=O) groups excluding carboxylic acids is 3. The van der Waals surface area contributed by atoms with Crippen molar-refractivity contribution in [3.63, 3.8) is 0 Å². The van der Waals surface area contributed by atoms with E-state index in [2.05, 4.69) is 26.8 Å². The van der Waals surface area contributed by atoms with Crippen LogP contribution in [0.15, 0.2) is 84.2 Å². The number of aromatic nitrogens is 3. The highest BCUT2D eigenvalue weighted by Gasteiger charge is 2.45. The summed E-state index contributed by atoms with van der Waals surface area (Å²) in [6.45, 7) is 5.52. The molecule has 11 nitrogen and oxygen atoms in total. The molecule has 3 aliphatic rings. The first-order valence-corrected chi connectivity index (χ1v) is 14.6. The number of allylic oxidation sites excluding steroid dienone is 1. The molecule has 222 valence electrons. The number of fused-ring (bicyclic) bond motifs is 2. The van der Waals surface area contributed by atoms with E-state index in [1.807, 2.05) is 24.3 Å². The first-order chi connectivity index (χ1) is 21.2. The van der Waals surface area contributed by atoms with Gasteiger partial charge in [0.25, 0.3) is 17.4 Å². The Labute approximate surface area is 252 Å². The van der Waals surface area contributed by atoms with Gasteiger partial charge >= 0.3 is 0 Å². The maximum absolute atomic E-state index is 13.3. The van der Waals surface area contributed by atoms with Crippen LogP contribution >= 0.6 is 0 Å². The molecule has 1 atom stereocenters. The van der Waals surface area contributed by atoms with Gasteiger partial charge in [-0.25, -0.2) is 9.97 Å². The molecule has 1 unspecified atom stereocenters. The molecule has 11 heteroatoms. The minimum atomic E-state index is -1.17. The second-order valence-electron chi connectivity index (χ2n) is 11.7. The summed E-state index contributed by atoms with van der Waals surface area (Å²) in [4.78, 5) is 64.2. The van der Waals surface area contributed by atoms with Crippen LogP contribution in [0.1, 0.15) is 57.5 Å². The van der Waals surface area contributed by atoms with Crippen molar-refractivity contribution in [1.82, 2.24) is 29.7 Å². The molecule has 5 heterocycles. The van der Waals surface area contributed by atoms with Crippen LogP contribution in [-0.4, -0.2) is 66.3 Å². The first-order valence-electron chi connectivity index (χ1n) is 14.6. The van der Waals surface area contributed by atoms with Gasteiger partial charge in [-0.1, -0.05) is 24.8 Å². The van der Waals surface area contributed by atoms with Crippen molar-refractivity contribution in [2.24, 2.45) is 0 Å². The largest absolute Gasteiger partial charge is 0.385 e. The van der Waals surface area contributed by atoms with E-state index in [0.717, 1.165) is 10.5 Å². The Hall–Kier alpha value is -5.00. The van der Waals surface area contributed by atoms with Gasteiger partial charge in [0.2, 0.25) is 5.91 Å². The number of amides is 3. The number of pyridine rings is 1. The monoisotopic (exact) mass is 590 g/mol. The van der Waals surface area contributed by atoms with Crippen LogP contribution in [0.2, 0.25) is 0 Å². The van der Waals surface area contributed by atoms with E-state index in [4.69, 9.17) is 0 Å². The number of carbonyl (C=O) groups is 3. The fourth-order valence-corrected chi connectivity index (χ4v) is 6.40. The van der Waals surface area contributed by atoms with Crippen LogP contribution in [0.25, 0.3) is 16.7 Å². The van der Waals surface area contributed by atoms with Gasteiger partial charge in [-0.05, 0) is 73.2 Å². The van der Waals surface area contributed by atoms with Crippen LogP contribution in [0.5, 0.6) is 0 Å². The molecule has 44 heavy (non-hydrogen) atoms. The number of nitrogens with zero attached hydrogens (tertiary/aromatic N) is 5. The maximum Gasteiger partial charge on any atom is 0.266 e. The predicted molar refractivity (Wildman–Crippen MR) is 161 cm³/mol. The van der Waals surface area contributed by atoms with Crippen LogP contribution in [-0.2, 0) is 16.9 Å². The summed E-state index contributed by atoms with van der Waals surface area (Å²) in [5.41, 5.74) is 1.79. The molecule has 4 aromatic rings. The Balaban J connectivity index is 1.06. The van der Waals surface area contributed by atoms with Crippen molar-refractivity contribution < 1.29 is 19.5 Å². The lowest BCUT2D eigenvalue weighted by molar-refractivity contribution is -0.125. The molecule has 2 saturated heterocycles. The van der Waals surface area contributed by atoms with E-state index in [1.54, 1.807) is 36.5 Å². The highest BCUT2D eigenvalue weighted by atomic mass is 16.3. The summed E-state index contributed by atoms with van der Waals surface area (Å²) in [6, 6.07) is 15.0. The Kier molecular flexibility index (Phi) is 6.71. The number of piperidine rings is 2. The number of benzene rings is 2. The molecule has 0 saturated carbocycles. The van der Waals surface area contributed by atoms with Crippen molar-refractivity contribution in [3.8, 4) is 5.82 Å². The third-order valence-electron chi connectivity index (χ3n) is 8.90. The topological polar surface area (TPSA) is 138 Å². The summed E-state index contributed by atoms with van der Waals surface area (Å²) in [5, 5.41) is 14.8. The third kappa shape index (κ3) is 4.70. The number of hydrogen-bond donors (Lipinski definition) is 2. The summed E-state index contributed by atoms with van der Waals surface area (Å²) >= 11 is 0. The number of nitrogens with one attached hydrogen (secondary N) is 1. The van der Waals surface area contributed by atoms with Crippen molar-refractivity contribution >= 4 is 28.6 Å². The maximum atomic E-state index is 13.3. The van der Waals surface area contributed by atoms with E-state index >= 15 is 0 Å². The normalized spacial score (nSPS) is 20.2. The van der Waals surface area contributed by atoms with Crippen LogP contribution < -0.4 is 10.9 Å². The second-order valence-corrected chi connectivity index (χ2v) is 11.7. The zero-order valence-electron chi connectivity index (χ0n) is 23.9. The zero-order chi connectivity index (χ0) is 30.6. The van der Waals surface area contributed by atoms with E-state index in [-0.39, 0.29) is 16.7 Å². The SMILES string of the molecule is C=C1CCC(N2C(=O)c3ccc(C4(O)CCN(Cc5ccc6ncn(-c7ccccn7)c(=O)c6c5)CC4)cc3C2=O)C(=O)N1. The van der Waals surface area contributed by atoms with E-state index in [9.17, 15) is 24.3 Å². The third-order valence-corrected chi connectivity index (χ3v) is 8.90. The predicted octanol–water partition coefficient (Wildman–Crippen LogP) is 2.65. The minimum absolute atomic E-state index is 0.193. The molecular weight excluding hydrogens is 560 g/mol. The number of likely N-dealkylation sites (tertiary alicyclic amines) is 1. The van der Waals surface area contributed by atoms with Gasteiger partial charge < -0.3 is 10.4 Å². The number of hydrogen-bond acceptors (Lipinski definition) is 8. The van der Waals surface area contributed by atoms with Crippen molar-refractivity contribution in [3.05, 3.63) is 112 Å². The quantitative estimate of drug-likeness (QED) is 0.339. The van der Waals surface area contributed by atoms with Crippen molar-refractivity contribution in [1.29, 1.82) is 0 Å². The fraction of sp³-hybridized carbons (Fsp3) is 0.273. The summed E-state index contributed by atoms with van der Waals surface area (Å²) < 4.78 is 1.43. The summed E-state index contributed by atoms with van der Waals surface area (Å²) in [6.07, 6.45) is 4.78. The lowest BCUT2D eigenvalue weighted by Crippen LogP contribution is -2.51. The molecule has 2 aromatic heterocycles. The average Bonchev–Trinajstić information content (AvgIpc) is 3.28. The second kappa shape index (κ2) is 10.6. The smallest absolute Gasteiger partial charge is 0.266 e. The first kappa shape index (κ1) is 27.8. The molecule has 0 radical (unpaired) electrons. The summed E-state index contributed by atoms with van der Waals surface area (Å²) in [5.74, 6) is -0.927. The number of aliphatic hydroxyl groups is 1. The number of imide groups is 1. The Morgan fingerprint density at radius 3 is 2.50 bits per heavy atom. The minimum Gasteiger partial charge on any atom is -0.385 e. The molecule has 7 rings (SSSR count). The van der Waals surface area contributed by atoms with Gasteiger partial charge in [0, 0.05) is 31.5 Å². The molecule has 2 fully saturated rings. The lowest BCUT2D eigenvalue weighted by Gasteiger charge is -2.38. The molecule has 0 bridgehead atoms. The fourth-order valence-electron chi connectivity index (χ4n) is 6.40. The standard InChI is InChI=1S/C33H30N6O5/c1-20-5-10-27(29(40)36-20)39-31(42)23-8-7-22(17-24(23)32(39)43)33(44)11-14-37(15-12-33)18-21-6-9-26-25(16-21)30(41)38(19-35-26)28-4-2-3-13-34-28/h2-4,6-9,13,16-17,19,27,44H,1,5,10-12,14-15,18H2,(H,36,40). The van der Waals surface area contributed by atoms with Gasteiger partial charge in [-0.2, -0.15) is 0 Å². The lowest BCUT2D eigenvalue weighted by atomic mass is 9.83. The van der Waals surface area contributed by atoms with Crippen molar-refractivity contribution in [2.45, 2.75) is 43.9 Å². The average molecular weight is 591 g/mol. The van der Waals surface area contributed by atoms with Crippen LogP contribution in [0.3, 0.4) is 0 Å². The molecule has 0 aliphatic carbocycles. The van der Waals surface area contributed by atoms with Crippen LogP contribution in [0, 0.1) is 0 Å². The van der Waals surface area contributed by atoms with Gasteiger partial charge in [0.05, 0.1) is 27.6 Å². The van der Waals surface area contributed by atoms with Gasteiger partial charge in [-0.3, -0.25) is 33.5 Å². The highest BCUT2D eigenvalue weighted by Crippen LogP contribution is 2.37. The zero-order valence-corrected chi connectivity index (χ0v) is 23.9. The van der Waals surface area contributed by atoms with E-state index < -0.39 is 29.4 Å². The van der Waals surface area contributed by atoms with Gasteiger partial charge in [0.15, 0.2) is 0 Å². The highest BCUT2D eigenvalue weighted by molar-refractivity contribution is 6.23. The van der Waals surface area contributed by atoms with E-state index in [0.29, 0.717) is 73.3 Å². The Bertz CT molecular complexity index is 1910. The molecule has 0 spiro atoms. The van der Waals surface area contributed by atoms with E-state index in [1.165, 1.54) is 10.9 Å².